The molecule has 1 aromatic rings. The maximum atomic E-state index is 12.1. The lowest BCUT2D eigenvalue weighted by atomic mass is 10.1. The van der Waals surface area contributed by atoms with Gasteiger partial charge < -0.3 is 20.1 Å². The lowest BCUT2D eigenvalue weighted by Crippen LogP contribution is -2.44. The molecule has 1 aromatic carbocycles. The third kappa shape index (κ3) is 2.93. The Morgan fingerprint density at radius 3 is 3.00 bits per heavy atom. The van der Waals surface area contributed by atoms with Crippen molar-refractivity contribution in [1.82, 2.24) is 10.6 Å². The summed E-state index contributed by atoms with van der Waals surface area (Å²) in [7, 11) is 0. The van der Waals surface area contributed by atoms with Gasteiger partial charge in [0, 0.05) is 13.1 Å². The van der Waals surface area contributed by atoms with E-state index in [1.165, 1.54) is 5.57 Å². The second-order valence-electron chi connectivity index (χ2n) is 4.90. The Hall–Kier alpha value is -2.01. The van der Waals surface area contributed by atoms with Crippen LogP contribution in [-0.2, 0) is 4.79 Å². The topological polar surface area (TPSA) is 59.6 Å². The summed E-state index contributed by atoms with van der Waals surface area (Å²) in [5.41, 5.74) is 1.26. The van der Waals surface area contributed by atoms with Crippen molar-refractivity contribution in [3.63, 3.8) is 0 Å². The molecule has 0 saturated carbocycles. The van der Waals surface area contributed by atoms with E-state index in [2.05, 4.69) is 16.7 Å². The van der Waals surface area contributed by atoms with Crippen LogP contribution in [0.3, 0.4) is 0 Å². The fourth-order valence-corrected chi connectivity index (χ4v) is 2.29. The van der Waals surface area contributed by atoms with Crippen LogP contribution in [0.2, 0.25) is 0 Å². The fraction of sp³-hybridized carbons (Fsp3) is 0.400. The summed E-state index contributed by atoms with van der Waals surface area (Å²) in [6.07, 6.45) is 2.52. The summed E-state index contributed by atoms with van der Waals surface area (Å²) in [6, 6.07) is 7.39. The van der Waals surface area contributed by atoms with E-state index in [-0.39, 0.29) is 12.5 Å². The molecular weight excluding hydrogens is 256 g/mol. The molecule has 0 fully saturated rings. The molecule has 2 aliphatic rings. The van der Waals surface area contributed by atoms with Gasteiger partial charge in [-0.3, -0.25) is 4.79 Å². The van der Waals surface area contributed by atoms with Crippen molar-refractivity contribution in [2.45, 2.75) is 12.5 Å². The maximum Gasteiger partial charge on any atom is 0.264 e. The zero-order valence-electron chi connectivity index (χ0n) is 11.2. The quantitative estimate of drug-likeness (QED) is 0.803. The first kappa shape index (κ1) is 13.0. The predicted octanol–water partition coefficient (Wildman–Crippen LogP) is 0.862. The van der Waals surface area contributed by atoms with Gasteiger partial charge in [-0.1, -0.05) is 23.8 Å². The van der Waals surface area contributed by atoms with Crippen LogP contribution in [0.5, 0.6) is 11.5 Å². The molecule has 0 radical (unpaired) electrons. The molecule has 0 aliphatic carbocycles. The van der Waals surface area contributed by atoms with E-state index in [0.29, 0.717) is 18.0 Å². The minimum absolute atomic E-state index is 0.126. The molecule has 20 heavy (non-hydrogen) atoms. The van der Waals surface area contributed by atoms with Gasteiger partial charge in [0.25, 0.3) is 5.91 Å². The number of carbonyl (C=O) groups excluding carboxylic acids is 1. The SMILES string of the molecule is O=C(NCC1=CCNCC1)C1COc2ccccc2O1. The monoisotopic (exact) mass is 274 g/mol. The number of rotatable bonds is 3. The van der Waals surface area contributed by atoms with Crippen LogP contribution in [0.4, 0.5) is 0 Å². The Balaban J connectivity index is 1.55. The third-order valence-corrected chi connectivity index (χ3v) is 3.45. The number of ether oxygens (including phenoxy) is 2. The molecule has 0 saturated heterocycles. The molecule has 3 rings (SSSR count). The summed E-state index contributed by atoms with van der Waals surface area (Å²) < 4.78 is 11.2. The normalized spacial score (nSPS) is 21.0. The second kappa shape index (κ2) is 5.96. The number of amides is 1. The molecule has 2 heterocycles. The van der Waals surface area contributed by atoms with Gasteiger partial charge in [-0.2, -0.15) is 0 Å². The predicted molar refractivity (Wildman–Crippen MR) is 74.9 cm³/mol. The zero-order valence-corrected chi connectivity index (χ0v) is 11.2. The molecule has 106 valence electrons. The first-order valence-electron chi connectivity index (χ1n) is 6.88. The first-order valence-corrected chi connectivity index (χ1v) is 6.88. The van der Waals surface area contributed by atoms with Crippen LogP contribution in [0.1, 0.15) is 6.42 Å². The lowest BCUT2D eigenvalue weighted by molar-refractivity contribution is -0.130. The minimum atomic E-state index is -0.577. The first-order chi connectivity index (χ1) is 9.83. The van der Waals surface area contributed by atoms with E-state index in [1.807, 2.05) is 24.3 Å². The highest BCUT2D eigenvalue weighted by molar-refractivity contribution is 5.82. The van der Waals surface area contributed by atoms with E-state index >= 15 is 0 Å². The third-order valence-electron chi connectivity index (χ3n) is 3.45. The van der Waals surface area contributed by atoms with E-state index < -0.39 is 6.10 Å². The van der Waals surface area contributed by atoms with Crippen molar-refractivity contribution in [2.24, 2.45) is 0 Å². The Kier molecular flexibility index (Phi) is 3.87. The van der Waals surface area contributed by atoms with E-state index in [0.717, 1.165) is 19.5 Å². The van der Waals surface area contributed by atoms with Crippen LogP contribution in [-0.4, -0.2) is 38.3 Å². The molecule has 5 heteroatoms. The standard InChI is InChI=1S/C15H18N2O3/c18-15(17-9-11-5-7-16-8-6-11)14-10-19-12-3-1-2-4-13(12)20-14/h1-5,14,16H,6-10H2,(H,17,18). The van der Waals surface area contributed by atoms with Gasteiger partial charge in [0.15, 0.2) is 11.5 Å². The Labute approximate surface area is 118 Å². The smallest absolute Gasteiger partial charge is 0.264 e. The molecule has 2 aliphatic heterocycles. The Bertz CT molecular complexity index is 528. The van der Waals surface area contributed by atoms with Crippen molar-refractivity contribution in [3.8, 4) is 11.5 Å². The van der Waals surface area contributed by atoms with Gasteiger partial charge in [0.1, 0.15) is 6.61 Å². The maximum absolute atomic E-state index is 12.1. The van der Waals surface area contributed by atoms with Gasteiger partial charge >= 0.3 is 0 Å². The Morgan fingerprint density at radius 1 is 1.35 bits per heavy atom. The number of hydrogen-bond donors (Lipinski definition) is 2. The van der Waals surface area contributed by atoms with Crippen molar-refractivity contribution in [2.75, 3.05) is 26.2 Å². The fourth-order valence-electron chi connectivity index (χ4n) is 2.29. The zero-order chi connectivity index (χ0) is 13.8. The van der Waals surface area contributed by atoms with Crippen LogP contribution in [0, 0.1) is 0 Å². The second-order valence-corrected chi connectivity index (χ2v) is 4.90. The average molecular weight is 274 g/mol. The molecule has 0 bridgehead atoms. The van der Waals surface area contributed by atoms with Crippen molar-refractivity contribution in [1.29, 1.82) is 0 Å². The molecule has 1 amide bonds. The highest BCUT2D eigenvalue weighted by Crippen LogP contribution is 2.30. The lowest BCUT2D eigenvalue weighted by Gasteiger charge is -2.26. The van der Waals surface area contributed by atoms with Crippen LogP contribution in [0.15, 0.2) is 35.9 Å². The number of hydrogen-bond acceptors (Lipinski definition) is 4. The molecular formula is C15H18N2O3. The van der Waals surface area contributed by atoms with Crippen LogP contribution >= 0.6 is 0 Å². The van der Waals surface area contributed by atoms with Gasteiger partial charge in [-0.05, 0) is 25.1 Å². The summed E-state index contributed by atoms with van der Waals surface area (Å²) in [6.45, 7) is 2.69. The van der Waals surface area contributed by atoms with Gasteiger partial charge in [-0.15, -0.1) is 0 Å². The Morgan fingerprint density at radius 2 is 2.20 bits per heavy atom. The summed E-state index contributed by atoms with van der Waals surface area (Å²) in [5.74, 6) is 1.19. The van der Waals surface area contributed by atoms with Crippen molar-refractivity contribution < 1.29 is 14.3 Å². The minimum Gasteiger partial charge on any atom is -0.485 e. The van der Waals surface area contributed by atoms with E-state index in [9.17, 15) is 4.79 Å². The van der Waals surface area contributed by atoms with Crippen molar-refractivity contribution in [3.05, 3.63) is 35.9 Å². The number of benzene rings is 1. The van der Waals surface area contributed by atoms with Gasteiger partial charge in [0.05, 0.1) is 0 Å². The number of fused-ring (bicyclic) bond motifs is 1. The highest BCUT2D eigenvalue weighted by Gasteiger charge is 2.27. The van der Waals surface area contributed by atoms with Gasteiger partial charge in [-0.25, -0.2) is 0 Å². The molecule has 0 aromatic heterocycles. The summed E-state index contributed by atoms with van der Waals surface area (Å²) in [5, 5.41) is 6.16. The summed E-state index contributed by atoms with van der Waals surface area (Å²) in [4.78, 5) is 12.1. The average Bonchev–Trinajstić information content (AvgIpc) is 2.53. The van der Waals surface area contributed by atoms with Gasteiger partial charge in [0.2, 0.25) is 6.10 Å². The molecule has 0 spiro atoms. The number of para-hydroxylation sites is 2. The molecule has 1 unspecified atom stereocenters. The highest BCUT2D eigenvalue weighted by atomic mass is 16.6. The van der Waals surface area contributed by atoms with E-state index in [1.54, 1.807) is 0 Å². The van der Waals surface area contributed by atoms with Crippen LogP contribution < -0.4 is 20.1 Å². The molecule has 1 atom stereocenters. The molecule has 2 N–H and O–H groups in total. The van der Waals surface area contributed by atoms with E-state index in [4.69, 9.17) is 9.47 Å². The van der Waals surface area contributed by atoms with Crippen molar-refractivity contribution >= 4 is 5.91 Å². The van der Waals surface area contributed by atoms with Crippen LogP contribution in [0.25, 0.3) is 0 Å². The summed E-state index contributed by atoms with van der Waals surface area (Å²) >= 11 is 0. The largest absolute Gasteiger partial charge is 0.485 e. The number of carbonyl (C=O) groups is 1. The number of nitrogens with one attached hydrogen (secondary N) is 2. The molecule has 5 nitrogen and oxygen atoms in total.